The van der Waals surface area contributed by atoms with E-state index in [0.717, 1.165) is 17.7 Å². The summed E-state index contributed by atoms with van der Waals surface area (Å²) in [5, 5.41) is 0. The number of hydrogen-bond donors (Lipinski definition) is 0. The molecule has 0 aromatic heterocycles. The number of ether oxygens (including phenoxy) is 1. The highest BCUT2D eigenvalue weighted by Gasteiger charge is 2.04. The van der Waals surface area contributed by atoms with E-state index in [0.29, 0.717) is 5.70 Å². The fourth-order valence-electron chi connectivity index (χ4n) is 1.08. The highest BCUT2D eigenvalue weighted by atomic mass is 19.1. The summed E-state index contributed by atoms with van der Waals surface area (Å²) in [7, 11) is 0. The summed E-state index contributed by atoms with van der Waals surface area (Å²) in [6, 6.07) is 3.13. The molecule has 0 fully saturated rings. The van der Waals surface area contributed by atoms with Crippen LogP contribution in [-0.2, 0) is 0 Å². The van der Waals surface area contributed by atoms with Crippen molar-refractivity contribution in [2.75, 3.05) is 6.61 Å². The van der Waals surface area contributed by atoms with E-state index in [9.17, 15) is 8.78 Å². The minimum Gasteiger partial charge on any atom is -0.484 e. The molecule has 0 saturated heterocycles. The molecular weight excluding hydrogens is 260 g/mol. The van der Waals surface area contributed by atoms with Gasteiger partial charge in [0, 0.05) is 12.3 Å². The van der Waals surface area contributed by atoms with Gasteiger partial charge in [-0.05, 0) is 32.1 Å². The van der Waals surface area contributed by atoms with Crippen LogP contribution in [0.25, 0.3) is 0 Å². The number of nitrogens with zero attached hydrogens (tertiary/aromatic N) is 1. The lowest BCUT2D eigenvalue weighted by atomic mass is 10.3. The molecule has 0 atom stereocenters. The van der Waals surface area contributed by atoms with E-state index in [1.807, 2.05) is 33.8 Å². The third-order valence-electron chi connectivity index (χ3n) is 1.95. The average molecular weight is 281 g/mol. The van der Waals surface area contributed by atoms with Crippen LogP contribution < -0.4 is 4.74 Å². The molecule has 1 aromatic rings. The summed E-state index contributed by atoms with van der Waals surface area (Å²) in [4.78, 5) is 4.01. The Morgan fingerprint density at radius 1 is 1.30 bits per heavy atom. The van der Waals surface area contributed by atoms with Gasteiger partial charge in [-0.15, -0.1) is 0 Å². The molecule has 1 rings (SSSR count). The predicted molar refractivity (Wildman–Crippen MR) is 80.3 cm³/mol. The second-order valence-corrected chi connectivity index (χ2v) is 3.95. The van der Waals surface area contributed by atoms with E-state index in [1.165, 1.54) is 6.07 Å². The normalized spacial score (nSPS) is 9.70. The van der Waals surface area contributed by atoms with E-state index >= 15 is 0 Å². The largest absolute Gasteiger partial charge is 0.484 e. The molecule has 0 unspecified atom stereocenters. The van der Waals surface area contributed by atoms with E-state index < -0.39 is 11.6 Å². The van der Waals surface area contributed by atoms with Crippen molar-refractivity contribution in [3.8, 4) is 5.75 Å². The molecule has 20 heavy (non-hydrogen) atoms. The van der Waals surface area contributed by atoms with E-state index in [4.69, 9.17) is 4.74 Å². The van der Waals surface area contributed by atoms with Gasteiger partial charge in [0.2, 0.25) is 0 Å². The summed E-state index contributed by atoms with van der Waals surface area (Å²) in [5.41, 5.74) is 1.56. The first-order chi connectivity index (χ1) is 9.49. The van der Waals surface area contributed by atoms with Crippen LogP contribution in [0.5, 0.6) is 5.75 Å². The predicted octanol–water partition coefficient (Wildman–Crippen LogP) is 4.92. The molecule has 1 aromatic carbocycles. The maximum Gasteiger partial charge on any atom is 0.167 e. The third kappa shape index (κ3) is 7.46. The number of rotatable bonds is 5. The Labute approximate surface area is 119 Å². The Kier molecular flexibility index (Phi) is 8.92. The van der Waals surface area contributed by atoms with Gasteiger partial charge in [-0.25, -0.2) is 8.78 Å². The molecule has 0 aliphatic rings. The fraction of sp³-hybridized carbons (Fsp3) is 0.312. The minimum atomic E-state index is -0.740. The second kappa shape index (κ2) is 9.89. The summed E-state index contributed by atoms with van der Waals surface area (Å²) in [5.74, 6) is -1.40. The average Bonchev–Trinajstić information content (AvgIpc) is 2.39. The third-order valence-corrected chi connectivity index (χ3v) is 1.95. The lowest BCUT2D eigenvalue weighted by Crippen LogP contribution is -2.00. The van der Waals surface area contributed by atoms with Gasteiger partial charge in [-0.3, -0.25) is 4.99 Å². The molecule has 0 spiro atoms. The standard InChI is InChI=1S/C14H15F2NO.C2H6/c1-10(2)6-7-17-11(3)9-18-14-5-4-12(15)8-13(14)16;1-2/h4-8H,3,9H2,1-2H3;1-2H3. The highest BCUT2D eigenvalue weighted by molar-refractivity contribution is 5.72. The van der Waals surface area contributed by atoms with E-state index in [1.54, 1.807) is 6.21 Å². The van der Waals surface area contributed by atoms with Crippen molar-refractivity contribution in [2.45, 2.75) is 27.7 Å². The molecule has 0 bridgehead atoms. The Bertz CT molecular complexity index is 489. The molecule has 0 heterocycles. The maximum absolute atomic E-state index is 13.2. The van der Waals surface area contributed by atoms with E-state index in [2.05, 4.69) is 11.6 Å². The van der Waals surface area contributed by atoms with Gasteiger partial charge in [-0.2, -0.15) is 0 Å². The SMILES string of the molecule is C=C(COc1ccc(F)cc1F)N=CC=C(C)C.CC. The molecule has 110 valence electrons. The van der Waals surface area contributed by atoms with Crippen molar-refractivity contribution < 1.29 is 13.5 Å². The van der Waals surface area contributed by atoms with Crippen LogP contribution in [0.2, 0.25) is 0 Å². The summed E-state index contributed by atoms with van der Waals surface area (Å²) in [6.45, 7) is 11.6. The van der Waals surface area contributed by atoms with Crippen LogP contribution in [0.1, 0.15) is 27.7 Å². The van der Waals surface area contributed by atoms with E-state index in [-0.39, 0.29) is 12.4 Å². The van der Waals surface area contributed by atoms with Gasteiger partial charge in [0.15, 0.2) is 11.6 Å². The number of allylic oxidation sites excluding steroid dienone is 2. The van der Waals surface area contributed by atoms with Gasteiger partial charge >= 0.3 is 0 Å². The second-order valence-electron chi connectivity index (χ2n) is 3.95. The molecule has 0 radical (unpaired) electrons. The molecular formula is C16H21F2NO. The lowest BCUT2D eigenvalue weighted by Gasteiger charge is -2.06. The van der Waals surface area contributed by atoms with Crippen molar-refractivity contribution in [2.24, 2.45) is 4.99 Å². The van der Waals surface area contributed by atoms with Crippen LogP contribution in [0.4, 0.5) is 8.78 Å². The van der Waals surface area contributed by atoms with Crippen LogP contribution in [-0.4, -0.2) is 12.8 Å². The zero-order valence-corrected chi connectivity index (χ0v) is 12.4. The molecule has 0 saturated carbocycles. The zero-order chi connectivity index (χ0) is 15.5. The molecule has 0 aliphatic carbocycles. The van der Waals surface area contributed by atoms with Gasteiger partial charge < -0.3 is 4.74 Å². The topological polar surface area (TPSA) is 21.6 Å². The Balaban J connectivity index is 0.00000172. The van der Waals surface area contributed by atoms with Crippen molar-refractivity contribution in [3.63, 3.8) is 0 Å². The van der Waals surface area contributed by atoms with Gasteiger partial charge in [0.25, 0.3) is 0 Å². The number of halogens is 2. The molecule has 2 nitrogen and oxygen atoms in total. The lowest BCUT2D eigenvalue weighted by molar-refractivity contribution is 0.330. The first-order valence-electron chi connectivity index (χ1n) is 6.42. The van der Waals surface area contributed by atoms with Gasteiger partial charge in [0.1, 0.15) is 12.4 Å². The van der Waals surface area contributed by atoms with Gasteiger partial charge in [-0.1, -0.05) is 26.0 Å². The van der Waals surface area contributed by atoms with Crippen molar-refractivity contribution in [1.82, 2.24) is 0 Å². The number of hydrogen-bond acceptors (Lipinski definition) is 2. The highest BCUT2D eigenvalue weighted by Crippen LogP contribution is 2.18. The first-order valence-corrected chi connectivity index (χ1v) is 6.42. The van der Waals surface area contributed by atoms with Crippen LogP contribution in [0, 0.1) is 11.6 Å². The first kappa shape index (κ1) is 18.0. The van der Waals surface area contributed by atoms with Gasteiger partial charge in [0.05, 0.1) is 5.70 Å². The fourth-order valence-corrected chi connectivity index (χ4v) is 1.08. The smallest absolute Gasteiger partial charge is 0.167 e. The van der Waals surface area contributed by atoms with Crippen molar-refractivity contribution in [3.05, 3.63) is 53.8 Å². The monoisotopic (exact) mass is 281 g/mol. The van der Waals surface area contributed by atoms with Crippen LogP contribution in [0.3, 0.4) is 0 Å². The maximum atomic E-state index is 13.2. The Morgan fingerprint density at radius 2 is 1.95 bits per heavy atom. The number of aliphatic imine (C=N–C) groups is 1. The summed E-state index contributed by atoms with van der Waals surface area (Å²) < 4.78 is 31.0. The molecule has 4 heteroatoms. The van der Waals surface area contributed by atoms with Crippen molar-refractivity contribution >= 4 is 6.21 Å². The minimum absolute atomic E-state index is 0.0186. The number of benzene rings is 1. The van der Waals surface area contributed by atoms with Crippen LogP contribution >= 0.6 is 0 Å². The Hall–Kier alpha value is -1.97. The molecule has 0 amide bonds. The summed E-state index contributed by atoms with van der Waals surface area (Å²) in [6.07, 6.45) is 3.42. The van der Waals surface area contributed by atoms with Crippen molar-refractivity contribution in [1.29, 1.82) is 0 Å². The molecule has 0 aliphatic heterocycles. The summed E-state index contributed by atoms with van der Waals surface area (Å²) >= 11 is 0. The van der Waals surface area contributed by atoms with Crippen LogP contribution in [0.15, 0.2) is 47.1 Å². The molecule has 0 N–H and O–H groups in total. The quantitative estimate of drug-likeness (QED) is 0.702. The zero-order valence-electron chi connectivity index (χ0n) is 12.4. The Morgan fingerprint density at radius 3 is 2.50 bits per heavy atom.